The van der Waals surface area contributed by atoms with Crippen LogP contribution in [0.3, 0.4) is 0 Å². The van der Waals surface area contributed by atoms with E-state index in [0.29, 0.717) is 12.6 Å². The third kappa shape index (κ3) is 5.22. The molecule has 0 bridgehead atoms. The van der Waals surface area contributed by atoms with Crippen molar-refractivity contribution in [3.8, 4) is 5.75 Å². The van der Waals surface area contributed by atoms with Gasteiger partial charge in [-0.25, -0.2) is 4.98 Å². The summed E-state index contributed by atoms with van der Waals surface area (Å²) >= 11 is 0. The monoisotopic (exact) mass is 483 g/mol. The molecule has 1 aliphatic carbocycles. The zero-order valence-corrected chi connectivity index (χ0v) is 20.3. The van der Waals surface area contributed by atoms with Crippen LogP contribution in [0, 0.1) is 10.1 Å². The van der Waals surface area contributed by atoms with Crippen LogP contribution in [0.4, 0.5) is 11.5 Å². The predicted molar refractivity (Wildman–Crippen MR) is 142 cm³/mol. The summed E-state index contributed by atoms with van der Waals surface area (Å²) in [6.45, 7) is 0.610. The molecule has 4 aromatic rings. The zero-order valence-electron chi connectivity index (χ0n) is 20.3. The third-order valence-corrected chi connectivity index (χ3v) is 6.67. The van der Waals surface area contributed by atoms with Crippen molar-refractivity contribution in [2.75, 3.05) is 12.4 Å². The number of hydrogen-bond acceptors (Lipinski definition) is 6. The van der Waals surface area contributed by atoms with E-state index in [1.165, 1.54) is 31.4 Å². The number of nitrogens with zero attached hydrogens (tertiary/aromatic N) is 4. The Kier molecular flexibility index (Phi) is 6.93. The van der Waals surface area contributed by atoms with Gasteiger partial charge in [-0.3, -0.25) is 14.8 Å². The SMILES string of the molecule is COc1ccc(Cn2nc(C=Cc3ccc([N+](=O)[O-])cc3)c3c(NC4CCCCC4)nccc32)cc1. The fourth-order valence-corrected chi connectivity index (χ4v) is 4.73. The summed E-state index contributed by atoms with van der Waals surface area (Å²) in [5.41, 5.74) is 3.86. The predicted octanol–water partition coefficient (Wildman–Crippen LogP) is 6.31. The van der Waals surface area contributed by atoms with Gasteiger partial charge in [0.2, 0.25) is 0 Å². The molecule has 0 radical (unpaired) electrons. The second kappa shape index (κ2) is 10.6. The lowest BCUT2D eigenvalue weighted by Gasteiger charge is -2.23. The van der Waals surface area contributed by atoms with E-state index in [4.69, 9.17) is 14.8 Å². The molecule has 0 spiro atoms. The van der Waals surface area contributed by atoms with Crippen LogP contribution in [-0.4, -0.2) is 32.8 Å². The minimum atomic E-state index is -0.392. The van der Waals surface area contributed by atoms with Gasteiger partial charge in [-0.05, 0) is 60.4 Å². The Labute approximate surface area is 209 Å². The van der Waals surface area contributed by atoms with E-state index in [-0.39, 0.29) is 5.69 Å². The number of pyridine rings is 1. The lowest BCUT2D eigenvalue weighted by molar-refractivity contribution is -0.384. The number of nitro groups is 1. The molecule has 0 aliphatic heterocycles. The molecule has 0 saturated heterocycles. The number of benzene rings is 2. The maximum absolute atomic E-state index is 11.0. The highest BCUT2D eigenvalue weighted by molar-refractivity contribution is 5.97. The van der Waals surface area contributed by atoms with Gasteiger partial charge in [-0.15, -0.1) is 0 Å². The zero-order chi connectivity index (χ0) is 24.9. The van der Waals surface area contributed by atoms with Crippen LogP contribution in [0.1, 0.15) is 48.9 Å². The molecule has 8 heteroatoms. The Morgan fingerprint density at radius 2 is 1.81 bits per heavy atom. The third-order valence-electron chi connectivity index (χ3n) is 6.67. The molecule has 1 N–H and O–H groups in total. The number of hydrogen-bond donors (Lipinski definition) is 1. The number of rotatable bonds is 8. The maximum atomic E-state index is 11.0. The van der Waals surface area contributed by atoms with Crippen LogP contribution in [0.5, 0.6) is 5.75 Å². The minimum Gasteiger partial charge on any atom is -0.497 e. The maximum Gasteiger partial charge on any atom is 0.269 e. The number of non-ortho nitro benzene ring substituents is 1. The van der Waals surface area contributed by atoms with Crippen LogP contribution in [0.15, 0.2) is 60.8 Å². The Balaban J connectivity index is 1.52. The number of methoxy groups -OCH3 is 1. The molecule has 2 heterocycles. The van der Waals surface area contributed by atoms with Crippen LogP contribution < -0.4 is 10.1 Å². The quantitative estimate of drug-likeness (QED) is 0.233. The first-order valence-electron chi connectivity index (χ1n) is 12.3. The van der Waals surface area contributed by atoms with Gasteiger partial charge in [0.25, 0.3) is 5.69 Å². The molecular formula is C28H29N5O3. The van der Waals surface area contributed by atoms with Gasteiger partial charge >= 0.3 is 0 Å². The Morgan fingerprint density at radius 1 is 1.06 bits per heavy atom. The number of ether oxygens (including phenoxy) is 1. The largest absolute Gasteiger partial charge is 0.497 e. The summed E-state index contributed by atoms with van der Waals surface area (Å²) in [4.78, 5) is 15.3. The molecule has 1 fully saturated rings. The highest BCUT2D eigenvalue weighted by atomic mass is 16.6. The standard InChI is InChI=1S/C28H29N5O3/c1-36-24-14-9-21(10-15-24)19-32-26-17-18-29-28(30-22-5-3-2-4-6-22)27(26)25(31-32)16-11-20-7-12-23(13-8-20)33(34)35/h7-18,22H,2-6,19H2,1H3,(H,29,30). The number of anilines is 1. The van der Waals surface area contributed by atoms with Crippen molar-refractivity contribution in [1.29, 1.82) is 0 Å². The summed E-state index contributed by atoms with van der Waals surface area (Å²) in [6, 6.07) is 16.9. The van der Waals surface area contributed by atoms with E-state index in [9.17, 15) is 10.1 Å². The topological polar surface area (TPSA) is 95.1 Å². The molecule has 2 aromatic carbocycles. The molecule has 8 nitrogen and oxygen atoms in total. The summed E-state index contributed by atoms with van der Waals surface area (Å²) in [5, 5.41) is 20.6. The summed E-state index contributed by atoms with van der Waals surface area (Å²) in [7, 11) is 1.66. The Bertz CT molecular complexity index is 1370. The highest BCUT2D eigenvalue weighted by Gasteiger charge is 2.19. The number of nitro benzene ring substituents is 1. The first-order chi connectivity index (χ1) is 17.6. The fourth-order valence-electron chi connectivity index (χ4n) is 4.73. The molecule has 0 amide bonds. The van der Waals surface area contributed by atoms with Gasteiger partial charge in [0.1, 0.15) is 11.6 Å². The van der Waals surface area contributed by atoms with Crippen molar-refractivity contribution in [1.82, 2.24) is 14.8 Å². The van der Waals surface area contributed by atoms with Crippen LogP contribution in [0.2, 0.25) is 0 Å². The lowest BCUT2D eigenvalue weighted by Crippen LogP contribution is -2.22. The van der Waals surface area contributed by atoms with Crippen molar-refractivity contribution in [3.63, 3.8) is 0 Å². The lowest BCUT2D eigenvalue weighted by atomic mass is 9.95. The molecule has 184 valence electrons. The van der Waals surface area contributed by atoms with E-state index in [2.05, 4.69) is 5.32 Å². The van der Waals surface area contributed by atoms with Gasteiger partial charge in [-0.1, -0.05) is 37.5 Å². The van der Waals surface area contributed by atoms with Crippen molar-refractivity contribution in [2.24, 2.45) is 0 Å². The number of fused-ring (bicyclic) bond motifs is 1. The molecule has 5 rings (SSSR count). The molecule has 0 atom stereocenters. The van der Waals surface area contributed by atoms with Crippen molar-refractivity contribution in [3.05, 3.63) is 87.7 Å². The molecule has 1 saturated carbocycles. The summed E-state index contributed by atoms with van der Waals surface area (Å²) < 4.78 is 7.29. The van der Waals surface area contributed by atoms with E-state index in [0.717, 1.165) is 52.1 Å². The average molecular weight is 484 g/mol. The van der Waals surface area contributed by atoms with Crippen LogP contribution >= 0.6 is 0 Å². The second-order valence-electron chi connectivity index (χ2n) is 9.11. The summed E-state index contributed by atoms with van der Waals surface area (Å²) in [6.07, 6.45) is 11.8. The van der Waals surface area contributed by atoms with E-state index >= 15 is 0 Å². The molecule has 36 heavy (non-hydrogen) atoms. The Morgan fingerprint density at radius 3 is 2.50 bits per heavy atom. The van der Waals surface area contributed by atoms with Crippen molar-refractivity contribution >= 4 is 34.6 Å². The average Bonchev–Trinajstić information content (AvgIpc) is 3.27. The fraction of sp³-hybridized carbons (Fsp3) is 0.286. The van der Waals surface area contributed by atoms with Crippen molar-refractivity contribution < 1.29 is 9.66 Å². The summed E-state index contributed by atoms with van der Waals surface area (Å²) in [5.74, 6) is 1.67. The highest BCUT2D eigenvalue weighted by Crippen LogP contribution is 2.30. The van der Waals surface area contributed by atoms with Crippen LogP contribution in [0.25, 0.3) is 23.1 Å². The van der Waals surface area contributed by atoms with Gasteiger partial charge in [0, 0.05) is 24.4 Å². The molecule has 2 aromatic heterocycles. The second-order valence-corrected chi connectivity index (χ2v) is 9.11. The normalized spacial score (nSPS) is 14.4. The number of nitrogens with one attached hydrogen (secondary N) is 1. The minimum absolute atomic E-state index is 0.0736. The van der Waals surface area contributed by atoms with E-state index in [1.54, 1.807) is 19.2 Å². The first-order valence-corrected chi connectivity index (χ1v) is 12.3. The van der Waals surface area contributed by atoms with Crippen LogP contribution in [-0.2, 0) is 6.54 Å². The molecule has 0 unspecified atom stereocenters. The van der Waals surface area contributed by atoms with Gasteiger partial charge in [-0.2, -0.15) is 5.10 Å². The molecule has 1 aliphatic rings. The van der Waals surface area contributed by atoms with Gasteiger partial charge < -0.3 is 10.1 Å². The molecular weight excluding hydrogens is 454 g/mol. The first kappa shape index (κ1) is 23.5. The Hall–Kier alpha value is -4.20. The van der Waals surface area contributed by atoms with Crippen molar-refractivity contribution in [2.45, 2.75) is 44.7 Å². The smallest absolute Gasteiger partial charge is 0.269 e. The van der Waals surface area contributed by atoms with Gasteiger partial charge in [0.15, 0.2) is 0 Å². The number of aromatic nitrogens is 3. The van der Waals surface area contributed by atoms with Gasteiger partial charge in [0.05, 0.1) is 35.2 Å². The van der Waals surface area contributed by atoms with E-state index < -0.39 is 4.92 Å². The van der Waals surface area contributed by atoms with E-state index in [1.807, 2.05) is 53.4 Å².